The highest BCUT2D eigenvalue weighted by Crippen LogP contribution is 2.43. The van der Waals surface area contributed by atoms with Gasteiger partial charge in [-0.1, -0.05) is 72.8 Å². The normalized spacial score (nSPS) is 13.3. The Hall–Kier alpha value is -11.6. The zero-order chi connectivity index (χ0) is 72.8. The number of benzene rings is 4. The molecule has 0 fully saturated rings. The number of hydrogen-bond donors (Lipinski definition) is 10. The lowest BCUT2D eigenvalue weighted by Crippen LogP contribution is -2.44. The van der Waals surface area contributed by atoms with Gasteiger partial charge in [0.25, 0.3) is 0 Å². The van der Waals surface area contributed by atoms with Gasteiger partial charge in [-0.2, -0.15) is 0 Å². The lowest BCUT2D eigenvalue weighted by Gasteiger charge is -2.22. The van der Waals surface area contributed by atoms with E-state index in [2.05, 4.69) is 52.5 Å². The molecule has 0 aliphatic carbocycles. The van der Waals surface area contributed by atoms with Gasteiger partial charge in [0.05, 0.1) is 22.8 Å². The van der Waals surface area contributed by atoms with Crippen LogP contribution in [0.15, 0.2) is 121 Å². The first kappa shape index (κ1) is 72.7. The number of anilines is 4. The first-order valence-corrected chi connectivity index (χ1v) is 32.7. The number of hydrogen-bond acceptors (Lipinski definition) is 14. The molecule has 8 bridgehead atoms. The Morgan fingerprint density at radius 1 is 0.310 bits per heavy atom. The van der Waals surface area contributed by atoms with E-state index in [1.807, 2.05) is 97.1 Å². The average Bonchev–Trinajstić information content (AvgIpc) is 1.61. The fourth-order valence-electron chi connectivity index (χ4n) is 10.7. The SMILES string of the molecule is C[C@H](NC(=O)OC(C)(C)C)C(=O)Nc1ccccc1-c1c2nc(c(-c3ccccc3NC(=O)[C@H](C)NC(=O)OC(C)(C)C)c3ccc([nH]3)c(-c3ccccc3NC(=O)[C@H](C)NC(=O)OC(C)(C)C)c3nc(c(-c4ccccc4NC(=O)[C@H](C)NC(=O)OC(C)(C)C)c4ccc1[nH]4)C=C3)C=C2. The van der Waals surface area contributed by atoms with Gasteiger partial charge in [0.1, 0.15) is 46.6 Å². The Morgan fingerprint density at radius 2 is 0.500 bits per heavy atom. The molecule has 100 heavy (non-hydrogen) atoms. The van der Waals surface area contributed by atoms with E-state index >= 15 is 0 Å². The minimum absolute atomic E-state index is 0.345. The summed E-state index contributed by atoms with van der Waals surface area (Å²) in [6.45, 7) is 26.8. The fraction of sp³-hybridized carbons (Fsp3) is 0.316. The third-order valence-corrected chi connectivity index (χ3v) is 15.1. The molecule has 522 valence electrons. The highest BCUT2D eigenvalue weighted by atomic mass is 16.6. The van der Waals surface area contributed by atoms with E-state index in [1.165, 1.54) is 27.7 Å². The van der Waals surface area contributed by atoms with Gasteiger partial charge in [0.2, 0.25) is 23.6 Å². The Labute approximate surface area is 580 Å². The molecule has 8 amide bonds. The fourth-order valence-corrected chi connectivity index (χ4v) is 10.7. The molecule has 2 aliphatic rings. The lowest BCUT2D eigenvalue weighted by atomic mass is 10.0. The van der Waals surface area contributed by atoms with E-state index in [0.717, 1.165) is 0 Å². The van der Waals surface area contributed by atoms with Crippen molar-refractivity contribution in [3.63, 3.8) is 0 Å². The molecule has 4 aromatic carbocycles. The third-order valence-electron chi connectivity index (χ3n) is 15.1. The summed E-state index contributed by atoms with van der Waals surface area (Å²) in [4.78, 5) is 127. The molecule has 24 nitrogen and oxygen atoms in total. The van der Waals surface area contributed by atoms with E-state index < -0.39 is 94.6 Å². The molecular formula is C76H86N12O12. The maximum absolute atomic E-state index is 14.3. The van der Waals surface area contributed by atoms with Gasteiger partial charge in [-0.25, -0.2) is 29.1 Å². The Morgan fingerprint density at radius 3 is 0.690 bits per heavy atom. The van der Waals surface area contributed by atoms with Gasteiger partial charge in [0.15, 0.2) is 0 Å². The molecule has 10 N–H and O–H groups in total. The number of ether oxygens (including phenoxy) is 4. The molecule has 0 radical (unpaired) electrons. The molecule has 2 aliphatic heterocycles. The largest absolute Gasteiger partial charge is 0.444 e. The minimum atomic E-state index is -1.07. The molecule has 24 heteroatoms. The number of alkyl carbamates (subject to hydrolysis) is 4. The van der Waals surface area contributed by atoms with Gasteiger partial charge in [-0.3, -0.25) is 19.2 Å². The monoisotopic (exact) mass is 1360 g/mol. The van der Waals surface area contributed by atoms with E-state index in [1.54, 1.807) is 132 Å². The van der Waals surface area contributed by atoms with Crippen LogP contribution in [0.25, 0.3) is 90.9 Å². The van der Waals surface area contributed by atoms with Crippen LogP contribution in [-0.4, -0.2) is 115 Å². The minimum Gasteiger partial charge on any atom is -0.444 e. The predicted molar refractivity (Wildman–Crippen MR) is 390 cm³/mol. The summed E-state index contributed by atoms with van der Waals surface area (Å²) in [6, 6.07) is 31.7. The van der Waals surface area contributed by atoms with E-state index in [4.69, 9.17) is 28.9 Å². The molecule has 5 heterocycles. The average molecular weight is 1360 g/mol. The van der Waals surface area contributed by atoms with Crippen molar-refractivity contribution in [1.29, 1.82) is 0 Å². The van der Waals surface area contributed by atoms with Crippen molar-refractivity contribution in [2.75, 3.05) is 21.3 Å². The molecular weight excluding hydrogens is 1270 g/mol. The van der Waals surface area contributed by atoms with Crippen molar-refractivity contribution in [3.8, 4) is 44.5 Å². The Balaban J connectivity index is 1.35. The van der Waals surface area contributed by atoms with Crippen LogP contribution in [0.4, 0.5) is 41.9 Å². The lowest BCUT2D eigenvalue weighted by molar-refractivity contribution is -0.118. The molecule has 4 atom stereocenters. The van der Waals surface area contributed by atoms with Crippen LogP contribution in [0.2, 0.25) is 0 Å². The zero-order valence-electron chi connectivity index (χ0n) is 59.0. The van der Waals surface area contributed by atoms with Gasteiger partial charge in [0, 0.05) is 89.3 Å². The van der Waals surface area contributed by atoms with Crippen molar-refractivity contribution >= 4 is 117 Å². The number of nitrogens with zero attached hydrogens (tertiary/aromatic N) is 2. The molecule has 9 rings (SSSR count). The predicted octanol–water partition coefficient (Wildman–Crippen LogP) is 14.7. The highest BCUT2D eigenvalue weighted by molar-refractivity contribution is 6.09. The van der Waals surface area contributed by atoms with Crippen LogP contribution in [0.3, 0.4) is 0 Å². The summed E-state index contributed by atoms with van der Waals surface area (Å²) in [5.74, 6) is -2.23. The number of H-pyrrole nitrogens is 2. The number of rotatable bonds is 16. The topological polar surface area (TPSA) is 327 Å². The second-order valence-corrected chi connectivity index (χ2v) is 28.1. The summed E-state index contributed by atoms with van der Waals surface area (Å²) >= 11 is 0. The number of carbonyl (C=O) groups is 8. The smallest absolute Gasteiger partial charge is 0.408 e. The molecule has 0 spiro atoms. The van der Waals surface area contributed by atoms with Gasteiger partial charge >= 0.3 is 24.4 Å². The second-order valence-electron chi connectivity index (χ2n) is 28.1. The summed E-state index contributed by atoms with van der Waals surface area (Å²) in [5, 5.41) is 22.7. The Kier molecular flexibility index (Phi) is 21.6. The van der Waals surface area contributed by atoms with Crippen molar-refractivity contribution in [2.24, 2.45) is 0 Å². The maximum atomic E-state index is 14.3. The molecule has 3 aromatic heterocycles. The van der Waals surface area contributed by atoms with Crippen molar-refractivity contribution in [1.82, 2.24) is 41.2 Å². The number of carbonyl (C=O) groups excluding carboxylic acids is 8. The summed E-state index contributed by atoms with van der Waals surface area (Å²) in [7, 11) is 0. The van der Waals surface area contributed by atoms with Crippen LogP contribution in [0.5, 0.6) is 0 Å². The number of aromatic amines is 2. The van der Waals surface area contributed by atoms with Crippen LogP contribution < -0.4 is 42.5 Å². The quantitative estimate of drug-likeness (QED) is 0.0402. The number of fused-ring (bicyclic) bond motifs is 8. The first-order valence-electron chi connectivity index (χ1n) is 32.7. The zero-order valence-corrected chi connectivity index (χ0v) is 59.0. The van der Waals surface area contributed by atoms with Crippen LogP contribution in [-0.2, 0) is 38.1 Å². The van der Waals surface area contributed by atoms with E-state index in [-0.39, 0.29) is 0 Å². The van der Waals surface area contributed by atoms with Crippen molar-refractivity contribution in [2.45, 2.75) is 157 Å². The molecule has 0 saturated heterocycles. The second kappa shape index (κ2) is 29.7. The number of amides is 8. The van der Waals surface area contributed by atoms with Gasteiger partial charge < -0.3 is 71.4 Å². The maximum Gasteiger partial charge on any atom is 0.408 e. The van der Waals surface area contributed by atoms with Gasteiger partial charge in [-0.15, -0.1) is 0 Å². The van der Waals surface area contributed by atoms with E-state index in [0.29, 0.717) is 112 Å². The summed E-state index contributed by atoms with van der Waals surface area (Å²) in [6.07, 6.45) is 4.17. The van der Waals surface area contributed by atoms with Crippen LogP contribution in [0.1, 0.15) is 134 Å². The molecule has 7 aromatic rings. The summed E-state index contributed by atoms with van der Waals surface area (Å²) in [5.41, 5.74) is 5.56. The number of para-hydroxylation sites is 4. The third kappa shape index (κ3) is 18.5. The molecule has 0 saturated carbocycles. The Bertz CT molecular complexity index is 4030. The first-order chi connectivity index (χ1) is 47.0. The standard InChI is InChI=1S/C76H86N12O12/c1-41(77-69(93)97-73(5,6)7)65(89)85-49-29-21-17-25-45(49)61-53-33-35-55(81-53)62(46-26-18-22-30-50(46)86-66(90)42(2)78-70(94)98-74(8,9)10)57-37-39-59(83-57)64(48-28-20-24-32-52(48)88-68(92)44(4)80-72(96)100-76(14,15)16)60-40-38-58(84-60)63(56-36-34-54(61)82-56)47-27-19-23-31-51(47)87-67(91)43(3)79-71(95)99-75(11,12)13/h17-44,81,84H,1-16H3,(H,77,93)(H,78,94)(H,79,95)(H,80,96)(H,85,89)(H,86,90)(H,87,91)(H,88,92)/t41-,42-,43-,44-/m0/s1. The number of aromatic nitrogens is 4. The summed E-state index contributed by atoms with van der Waals surface area (Å²) < 4.78 is 22.0. The van der Waals surface area contributed by atoms with Crippen molar-refractivity contribution < 1.29 is 57.3 Å². The molecule has 0 unspecified atom stereocenters. The highest BCUT2D eigenvalue weighted by Gasteiger charge is 2.30. The number of nitrogens with one attached hydrogen (secondary N) is 10. The van der Waals surface area contributed by atoms with Crippen LogP contribution >= 0.6 is 0 Å². The van der Waals surface area contributed by atoms with Crippen LogP contribution in [0, 0.1) is 0 Å². The van der Waals surface area contributed by atoms with Crippen molar-refractivity contribution in [3.05, 3.63) is 144 Å². The van der Waals surface area contributed by atoms with Gasteiger partial charge in [-0.05, 0) is 184 Å². The van der Waals surface area contributed by atoms with E-state index in [9.17, 15) is 38.4 Å².